The molecule has 0 spiro atoms. The average Bonchev–Trinajstić information content (AvgIpc) is 2.57. The van der Waals surface area contributed by atoms with Crippen LogP contribution in [0.4, 0.5) is 5.82 Å². The van der Waals surface area contributed by atoms with E-state index in [4.69, 9.17) is 0 Å². The van der Waals surface area contributed by atoms with Crippen LogP contribution in [0.2, 0.25) is 0 Å². The molecule has 7 nitrogen and oxygen atoms in total. The zero-order chi connectivity index (χ0) is 19.2. The summed E-state index contributed by atoms with van der Waals surface area (Å²) in [5.74, 6) is 2.01. The normalized spacial score (nSPS) is 15.2. The summed E-state index contributed by atoms with van der Waals surface area (Å²) in [7, 11) is 0. The minimum atomic E-state index is -0.0779. The number of nitrogens with zero attached hydrogens (tertiary/aromatic N) is 6. The van der Waals surface area contributed by atoms with Crippen LogP contribution in [0.3, 0.4) is 0 Å². The number of rotatable bonds is 3. The second kappa shape index (κ2) is 6.40. The average molecular weight is 364 g/mol. The van der Waals surface area contributed by atoms with Crippen molar-refractivity contribution in [2.24, 2.45) is 5.92 Å². The van der Waals surface area contributed by atoms with Crippen LogP contribution in [-0.2, 0) is 12.0 Å². The lowest BCUT2D eigenvalue weighted by Gasteiger charge is -2.40. The van der Waals surface area contributed by atoms with Crippen molar-refractivity contribution < 1.29 is 0 Å². The van der Waals surface area contributed by atoms with Gasteiger partial charge >= 0.3 is 0 Å². The van der Waals surface area contributed by atoms with Gasteiger partial charge in [-0.15, -0.1) is 0 Å². The van der Waals surface area contributed by atoms with Crippen molar-refractivity contribution in [1.29, 1.82) is 0 Å². The number of pyridine rings is 1. The predicted molar refractivity (Wildman–Crippen MR) is 105 cm³/mol. The highest BCUT2D eigenvalue weighted by atomic mass is 16.1. The van der Waals surface area contributed by atoms with Crippen molar-refractivity contribution in [1.82, 2.24) is 24.7 Å². The van der Waals surface area contributed by atoms with Crippen LogP contribution >= 0.6 is 0 Å². The molecule has 3 aromatic heterocycles. The molecule has 0 unspecified atom stereocenters. The third kappa shape index (κ3) is 3.41. The van der Waals surface area contributed by atoms with Gasteiger partial charge in [-0.3, -0.25) is 4.79 Å². The molecule has 0 saturated carbocycles. The zero-order valence-corrected chi connectivity index (χ0v) is 16.2. The van der Waals surface area contributed by atoms with Crippen molar-refractivity contribution in [2.75, 3.05) is 18.0 Å². The summed E-state index contributed by atoms with van der Waals surface area (Å²) in [5, 5.41) is 5.54. The molecule has 0 bridgehead atoms. The Morgan fingerprint density at radius 2 is 1.93 bits per heavy atom. The van der Waals surface area contributed by atoms with Crippen LogP contribution < -0.4 is 10.5 Å². The van der Waals surface area contributed by atoms with E-state index < -0.39 is 0 Å². The SMILES string of the molecule is Cc1nc(N2CC(Cn3nc(C(C)(C)C)ccc3=O)C2)c2cccnc2n1. The van der Waals surface area contributed by atoms with E-state index in [0.717, 1.165) is 41.5 Å². The van der Waals surface area contributed by atoms with E-state index >= 15 is 0 Å². The maximum atomic E-state index is 12.2. The van der Waals surface area contributed by atoms with Gasteiger partial charge in [0, 0.05) is 36.7 Å². The molecule has 0 aromatic carbocycles. The maximum absolute atomic E-state index is 12.2. The van der Waals surface area contributed by atoms with Crippen molar-refractivity contribution >= 4 is 16.9 Å². The van der Waals surface area contributed by atoms with E-state index in [1.165, 1.54) is 0 Å². The lowest BCUT2D eigenvalue weighted by Crippen LogP contribution is -2.50. The Morgan fingerprint density at radius 3 is 2.67 bits per heavy atom. The van der Waals surface area contributed by atoms with Gasteiger partial charge in [-0.25, -0.2) is 19.6 Å². The molecule has 3 aromatic rings. The lowest BCUT2D eigenvalue weighted by molar-refractivity contribution is 0.328. The Kier molecular flexibility index (Phi) is 4.17. The first-order valence-corrected chi connectivity index (χ1v) is 9.24. The van der Waals surface area contributed by atoms with Gasteiger partial charge in [0.15, 0.2) is 5.65 Å². The molecule has 27 heavy (non-hydrogen) atoms. The van der Waals surface area contributed by atoms with Gasteiger partial charge in [0.2, 0.25) is 0 Å². The molecular weight excluding hydrogens is 340 g/mol. The first kappa shape index (κ1) is 17.6. The Bertz CT molecular complexity index is 1050. The Labute approximate surface area is 158 Å². The van der Waals surface area contributed by atoms with Gasteiger partial charge < -0.3 is 4.90 Å². The highest BCUT2D eigenvalue weighted by molar-refractivity contribution is 5.87. The van der Waals surface area contributed by atoms with Crippen LogP contribution in [0.15, 0.2) is 35.3 Å². The van der Waals surface area contributed by atoms with E-state index in [2.05, 4.69) is 45.7 Å². The molecule has 4 rings (SSSR count). The number of aryl methyl sites for hydroxylation is 1. The molecule has 0 aliphatic carbocycles. The summed E-state index contributed by atoms with van der Waals surface area (Å²) in [6.45, 7) is 10.5. The van der Waals surface area contributed by atoms with E-state index in [-0.39, 0.29) is 11.0 Å². The first-order chi connectivity index (χ1) is 12.8. The fourth-order valence-corrected chi connectivity index (χ4v) is 3.38. The predicted octanol–water partition coefficient (Wildman–Crippen LogP) is 2.32. The molecule has 0 radical (unpaired) electrons. The van der Waals surface area contributed by atoms with Gasteiger partial charge in [-0.2, -0.15) is 5.10 Å². The van der Waals surface area contributed by atoms with Gasteiger partial charge in [-0.1, -0.05) is 20.8 Å². The molecule has 4 heterocycles. The second-order valence-electron chi connectivity index (χ2n) is 8.23. The van der Waals surface area contributed by atoms with Gasteiger partial charge in [0.1, 0.15) is 11.6 Å². The topological polar surface area (TPSA) is 76.8 Å². The summed E-state index contributed by atoms with van der Waals surface area (Å²) in [6, 6.07) is 7.36. The number of hydrogen-bond acceptors (Lipinski definition) is 6. The molecule has 1 fully saturated rings. The molecule has 140 valence electrons. The number of anilines is 1. The Hall–Kier alpha value is -2.83. The van der Waals surface area contributed by atoms with Crippen LogP contribution in [0, 0.1) is 12.8 Å². The van der Waals surface area contributed by atoms with Crippen LogP contribution in [-0.4, -0.2) is 37.8 Å². The van der Waals surface area contributed by atoms with Crippen molar-refractivity contribution in [2.45, 2.75) is 39.7 Å². The monoisotopic (exact) mass is 364 g/mol. The molecule has 0 atom stereocenters. The van der Waals surface area contributed by atoms with Crippen molar-refractivity contribution in [3.05, 3.63) is 52.3 Å². The highest BCUT2D eigenvalue weighted by Crippen LogP contribution is 2.29. The third-order valence-electron chi connectivity index (χ3n) is 4.89. The minimum Gasteiger partial charge on any atom is -0.355 e. The smallest absolute Gasteiger partial charge is 0.266 e. The highest BCUT2D eigenvalue weighted by Gasteiger charge is 2.30. The van der Waals surface area contributed by atoms with Crippen molar-refractivity contribution in [3.63, 3.8) is 0 Å². The number of aromatic nitrogens is 5. The van der Waals surface area contributed by atoms with E-state index in [1.54, 1.807) is 16.9 Å². The standard InChI is InChI=1S/C20H24N6O/c1-13-22-18-15(6-5-9-21-18)19(23-13)25-10-14(11-25)12-26-17(27)8-7-16(24-26)20(2,3)4/h5-9,14H,10-12H2,1-4H3. The zero-order valence-electron chi connectivity index (χ0n) is 16.2. The summed E-state index contributed by atoms with van der Waals surface area (Å²) in [6.07, 6.45) is 1.75. The fraction of sp³-hybridized carbons (Fsp3) is 0.450. The van der Waals surface area contributed by atoms with Crippen LogP contribution in [0.25, 0.3) is 11.0 Å². The van der Waals surface area contributed by atoms with Gasteiger partial charge in [0.25, 0.3) is 5.56 Å². The van der Waals surface area contributed by atoms with E-state index in [1.807, 2.05) is 25.1 Å². The lowest BCUT2D eigenvalue weighted by atomic mass is 9.92. The molecule has 1 saturated heterocycles. The second-order valence-corrected chi connectivity index (χ2v) is 8.23. The van der Waals surface area contributed by atoms with E-state index in [0.29, 0.717) is 12.5 Å². The summed E-state index contributed by atoms with van der Waals surface area (Å²) in [5.41, 5.74) is 1.53. The molecule has 0 amide bonds. The third-order valence-corrected chi connectivity index (χ3v) is 4.89. The van der Waals surface area contributed by atoms with Gasteiger partial charge in [0.05, 0.1) is 17.6 Å². The molecule has 7 heteroatoms. The summed E-state index contributed by atoms with van der Waals surface area (Å²) < 4.78 is 1.60. The van der Waals surface area contributed by atoms with Crippen LogP contribution in [0.1, 0.15) is 32.3 Å². The number of hydrogen-bond donors (Lipinski definition) is 0. The van der Waals surface area contributed by atoms with Crippen molar-refractivity contribution in [3.8, 4) is 0 Å². The summed E-state index contributed by atoms with van der Waals surface area (Å²) in [4.78, 5) is 27.8. The van der Waals surface area contributed by atoms with Crippen LogP contribution in [0.5, 0.6) is 0 Å². The quantitative estimate of drug-likeness (QED) is 0.710. The molecule has 1 aliphatic heterocycles. The molecular formula is C20H24N6O. The maximum Gasteiger partial charge on any atom is 0.266 e. The number of fused-ring (bicyclic) bond motifs is 1. The Morgan fingerprint density at radius 1 is 1.15 bits per heavy atom. The Balaban J connectivity index is 1.52. The molecule has 0 N–H and O–H groups in total. The largest absolute Gasteiger partial charge is 0.355 e. The fourth-order valence-electron chi connectivity index (χ4n) is 3.38. The van der Waals surface area contributed by atoms with Gasteiger partial charge in [-0.05, 0) is 25.1 Å². The molecule has 1 aliphatic rings. The summed E-state index contributed by atoms with van der Waals surface area (Å²) >= 11 is 0. The minimum absolute atomic E-state index is 0.0472. The first-order valence-electron chi connectivity index (χ1n) is 9.24. The van der Waals surface area contributed by atoms with E-state index in [9.17, 15) is 4.79 Å².